The molecule has 0 bridgehead atoms. The number of hydrogen-bond acceptors (Lipinski definition) is 2. The van der Waals surface area contributed by atoms with Crippen molar-refractivity contribution in [2.45, 2.75) is 32.2 Å². The highest BCUT2D eigenvalue weighted by Crippen LogP contribution is 2.56. The van der Waals surface area contributed by atoms with Crippen LogP contribution in [0.4, 0.5) is 0 Å². The molecule has 3 heteroatoms. The molecule has 1 aliphatic heterocycles. The second-order valence-electron chi connectivity index (χ2n) is 7.62. The maximum Gasteiger partial charge on any atom is 0.0684 e. The van der Waals surface area contributed by atoms with Gasteiger partial charge in [0.1, 0.15) is 0 Å². The Labute approximate surface area is 154 Å². The summed E-state index contributed by atoms with van der Waals surface area (Å²) in [4.78, 5) is 6.90. The van der Waals surface area contributed by atoms with Crippen molar-refractivity contribution in [3.05, 3.63) is 77.9 Å². The first-order valence-corrected chi connectivity index (χ1v) is 9.21. The van der Waals surface area contributed by atoms with E-state index >= 15 is 0 Å². The summed E-state index contributed by atoms with van der Waals surface area (Å²) in [6, 6.07) is 13.3. The molecule has 3 heterocycles. The van der Waals surface area contributed by atoms with E-state index in [-0.39, 0.29) is 5.54 Å². The molecule has 26 heavy (non-hydrogen) atoms. The lowest BCUT2D eigenvalue weighted by Gasteiger charge is -2.30. The predicted octanol–water partition coefficient (Wildman–Crippen LogP) is 5.06. The summed E-state index contributed by atoms with van der Waals surface area (Å²) < 4.78 is 2.30. The van der Waals surface area contributed by atoms with Gasteiger partial charge in [-0.1, -0.05) is 18.7 Å². The minimum Gasteiger partial charge on any atom is -0.364 e. The van der Waals surface area contributed by atoms with Gasteiger partial charge in [0.05, 0.1) is 22.6 Å². The zero-order valence-electron chi connectivity index (χ0n) is 15.6. The van der Waals surface area contributed by atoms with Crippen LogP contribution < -0.4 is 0 Å². The highest BCUT2D eigenvalue weighted by Gasteiger charge is 2.51. The molecule has 0 amide bonds. The normalized spacial score (nSPS) is 17.0. The molecule has 3 nitrogen and oxygen atoms in total. The molecule has 0 saturated heterocycles. The zero-order valence-corrected chi connectivity index (χ0v) is 15.6. The molecule has 130 valence electrons. The molecule has 0 atom stereocenters. The molecule has 1 aliphatic carbocycles. The van der Waals surface area contributed by atoms with Crippen molar-refractivity contribution in [2.24, 2.45) is 0 Å². The Morgan fingerprint density at radius 3 is 2.65 bits per heavy atom. The Hall–Kier alpha value is -2.81. The van der Waals surface area contributed by atoms with Crippen LogP contribution in [0.3, 0.4) is 0 Å². The number of pyridine rings is 1. The largest absolute Gasteiger partial charge is 0.364 e. The van der Waals surface area contributed by atoms with Crippen molar-refractivity contribution in [3.8, 4) is 16.8 Å². The van der Waals surface area contributed by atoms with Gasteiger partial charge in [0.15, 0.2) is 0 Å². The molecule has 1 fully saturated rings. The molecule has 0 unspecified atom stereocenters. The van der Waals surface area contributed by atoms with E-state index in [0.717, 1.165) is 11.4 Å². The van der Waals surface area contributed by atoms with Crippen molar-refractivity contribution in [2.75, 3.05) is 7.05 Å². The van der Waals surface area contributed by atoms with E-state index in [1.165, 1.54) is 46.5 Å². The maximum atomic E-state index is 4.52. The van der Waals surface area contributed by atoms with E-state index < -0.39 is 0 Å². The lowest BCUT2D eigenvalue weighted by Crippen LogP contribution is -2.29. The third kappa shape index (κ3) is 1.91. The van der Waals surface area contributed by atoms with Gasteiger partial charge in [-0.25, -0.2) is 0 Å². The Balaban J connectivity index is 1.80. The van der Waals surface area contributed by atoms with Crippen molar-refractivity contribution in [3.63, 3.8) is 0 Å². The monoisotopic (exact) mass is 341 g/mol. The molecule has 1 spiro atoms. The van der Waals surface area contributed by atoms with Gasteiger partial charge in [-0.3, -0.25) is 4.98 Å². The quantitative estimate of drug-likeness (QED) is 0.617. The summed E-state index contributed by atoms with van der Waals surface area (Å²) >= 11 is 0. The van der Waals surface area contributed by atoms with E-state index in [2.05, 4.69) is 84.5 Å². The lowest BCUT2D eigenvalue weighted by atomic mass is 9.94. The van der Waals surface area contributed by atoms with Gasteiger partial charge in [-0.05, 0) is 62.1 Å². The van der Waals surface area contributed by atoms with Crippen LogP contribution in [0.1, 0.15) is 35.4 Å². The number of aromatic nitrogens is 2. The minimum absolute atomic E-state index is 0.100. The predicted molar refractivity (Wildman–Crippen MR) is 106 cm³/mol. The van der Waals surface area contributed by atoms with Gasteiger partial charge in [-0.15, -0.1) is 0 Å². The van der Waals surface area contributed by atoms with Crippen LogP contribution in [-0.2, 0) is 5.54 Å². The van der Waals surface area contributed by atoms with Crippen molar-refractivity contribution in [1.82, 2.24) is 14.5 Å². The average molecular weight is 341 g/mol. The van der Waals surface area contributed by atoms with E-state index in [9.17, 15) is 0 Å². The zero-order chi connectivity index (χ0) is 18.1. The van der Waals surface area contributed by atoms with Crippen LogP contribution in [0, 0.1) is 13.8 Å². The number of nitrogens with zero attached hydrogens (tertiary/aromatic N) is 3. The van der Waals surface area contributed by atoms with Crippen LogP contribution in [0.15, 0.2) is 55.4 Å². The fourth-order valence-electron chi connectivity index (χ4n) is 4.57. The fourth-order valence-corrected chi connectivity index (χ4v) is 4.57. The first-order chi connectivity index (χ1) is 12.5. The molecule has 1 saturated carbocycles. The van der Waals surface area contributed by atoms with Gasteiger partial charge in [0.2, 0.25) is 0 Å². The van der Waals surface area contributed by atoms with Gasteiger partial charge in [-0.2, -0.15) is 0 Å². The Morgan fingerprint density at radius 2 is 1.92 bits per heavy atom. The van der Waals surface area contributed by atoms with E-state index in [4.69, 9.17) is 0 Å². The molecular weight excluding hydrogens is 318 g/mol. The van der Waals surface area contributed by atoms with Crippen LogP contribution in [0.2, 0.25) is 0 Å². The molecule has 3 aromatic rings. The third-order valence-corrected chi connectivity index (χ3v) is 6.21. The fraction of sp³-hybridized carbons (Fsp3) is 0.261. The van der Waals surface area contributed by atoms with E-state index in [1.54, 1.807) is 0 Å². The number of aryl methyl sites for hydroxylation is 2. The lowest BCUT2D eigenvalue weighted by molar-refractivity contribution is 0.335. The van der Waals surface area contributed by atoms with Crippen LogP contribution in [0.5, 0.6) is 0 Å². The van der Waals surface area contributed by atoms with Crippen LogP contribution in [0.25, 0.3) is 22.5 Å². The molecule has 0 radical (unpaired) electrons. The van der Waals surface area contributed by atoms with Gasteiger partial charge in [0, 0.05) is 36.3 Å². The molecule has 0 N–H and O–H groups in total. The molecule has 2 aliphatic rings. The maximum absolute atomic E-state index is 4.52. The van der Waals surface area contributed by atoms with Gasteiger partial charge < -0.3 is 9.47 Å². The summed E-state index contributed by atoms with van der Waals surface area (Å²) in [5, 5.41) is 0. The highest BCUT2D eigenvalue weighted by atomic mass is 15.2. The third-order valence-electron chi connectivity index (χ3n) is 6.21. The van der Waals surface area contributed by atoms with Crippen LogP contribution >= 0.6 is 0 Å². The molecular formula is C23H23N3. The SMILES string of the molecule is C=C1c2cccn2-c2cc(-c3c(C)ccnc3C)ccc2C2(CC2)N1C. The number of hydrogen-bond donors (Lipinski definition) is 0. The van der Waals surface area contributed by atoms with Gasteiger partial charge >= 0.3 is 0 Å². The summed E-state index contributed by atoms with van der Waals surface area (Å²) in [5.74, 6) is 0. The standard InChI is InChI=1S/C23H23N3/c1-15-9-12-24-16(2)22(15)18-7-8-19-21(14-18)26-13-5-6-20(26)17(3)25(4)23(19)10-11-23/h5-9,12-14H,3,10-11H2,1-2,4H3. The number of fused-ring (bicyclic) bond motifs is 4. The molecule has 1 aromatic carbocycles. The summed E-state index contributed by atoms with van der Waals surface area (Å²) in [6.07, 6.45) is 6.41. The topological polar surface area (TPSA) is 21.1 Å². The summed E-state index contributed by atoms with van der Waals surface area (Å²) in [5.41, 5.74) is 9.86. The van der Waals surface area contributed by atoms with E-state index in [1.807, 2.05) is 6.20 Å². The van der Waals surface area contributed by atoms with Crippen LogP contribution in [-0.4, -0.2) is 21.5 Å². The van der Waals surface area contributed by atoms with Gasteiger partial charge in [0.25, 0.3) is 0 Å². The molecule has 5 rings (SSSR count). The molecule has 2 aromatic heterocycles. The average Bonchev–Trinajstić information content (AvgIpc) is 3.30. The summed E-state index contributed by atoms with van der Waals surface area (Å²) in [6.45, 7) is 8.64. The van der Waals surface area contributed by atoms with Crippen molar-refractivity contribution >= 4 is 5.70 Å². The van der Waals surface area contributed by atoms with Crippen molar-refractivity contribution < 1.29 is 0 Å². The number of benzene rings is 1. The Kier molecular flexibility index (Phi) is 3.03. The number of rotatable bonds is 1. The van der Waals surface area contributed by atoms with Crippen molar-refractivity contribution in [1.29, 1.82) is 0 Å². The smallest absolute Gasteiger partial charge is 0.0684 e. The Bertz CT molecular complexity index is 1030. The Morgan fingerprint density at radius 1 is 1.12 bits per heavy atom. The first kappa shape index (κ1) is 15.4. The summed E-state index contributed by atoms with van der Waals surface area (Å²) in [7, 11) is 2.19. The van der Waals surface area contributed by atoms with E-state index in [0.29, 0.717) is 0 Å². The minimum atomic E-state index is 0.100. The second-order valence-corrected chi connectivity index (χ2v) is 7.62. The second kappa shape index (κ2) is 5.10. The highest BCUT2D eigenvalue weighted by molar-refractivity contribution is 5.75. The first-order valence-electron chi connectivity index (χ1n) is 9.21.